The molecule has 1 fully saturated rings. The predicted octanol–water partition coefficient (Wildman–Crippen LogP) is 1.36. The molecule has 0 aromatic carbocycles. The molecule has 1 saturated heterocycles. The van der Waals surface area contributed by atoms with Crippen LogP contribution in [0.2, 0.25) is 0 Å². The van der Waals surface area contributed by atoms with Crippen molar-refractivity contribution < 1.29 is 23.5 Å². The van der Waals surface area contributed by atoms with Crippen LogP contribution in [0.3, 0.4) is 0 Å². The van der Waals surface area contributed by atoms with Gasteiger partial charge in [-0.1, -0.05) is 6.92 Å². The van der Waals surface area contributed by atoms with E-state index in [0.29, 0.717) is 17.6 Å². The number of alkyl halides is 1. The second-order valence-electron chi connectivity index (χ2n) is 5.72. The van der Waals surface area contributed by atoms with Crippen LogP contribution in [-0.4, -0.2) is 49.8 Å². The lowest BCUT2D eigenvalue weighted by atomic mass is 10.1. The minimum atomic E-state index is -1.46. The first-order chi connectivity index (χ1) is 11.9. The highest BCUT2D eigenvalue weighted by atomic mass is 19.1. The van der Waals surface area contributed by atoms with Gasteiger partial charge in [-0.3, -0.25) is 14.2 Å². The molecule has 3 heterocycles. The van der Waals surface area contributed by atoms with E-state index in [1.165, 1.54) is 31.1 Å². The number of hydrogen-bond acceptors (Lipinski definition) is 7. The van der Waals surface area contributed by atoms with Gasteiger partial charge in [-0.25, -0.2) is 19.3 Å². The van der Waals surface area contributed by atoms with Gasteiger partial charge in [0, 0.05) is 13.8 Å². The first-order valence-electron chi connectivity index (χ1n) is 7.84. The van der Waals surface area contributed by atoms with E-state index < -0.39 is 30.6 Å². The lowest BCUT2D eigenvalue weighted by Crippen LogP contribution is -2.32. The first-order valence-corrected chi connectivity index (χ1v) is 7.84. The molecule has 1 aliphatic heterocycles. The number of anilines is 1. The smallest absolute Gasteiger partial charge is 0.303 e. The number of carbonyl (C=O) groups is 2. The molecule has 10 heteroatoms. The van der Waals surface area contributed by atoms with Gasteiger partial charge in [0.15, 0.2) is 35.5 Å². The molecule has 0 radical (unpaired) electrons. The molecular formula is C15H18FN5O4. The maximum atomic E-state index is 14.6. The van der Waals surface area contributed by atoms with Crippen molar-refractivity contribution >= 4 is 28.9 Å². The second-order valence-corrected chi connectivity index (χ2v) is 5.72. The van der Waals surface area contributed by atoms with Crippen molar-refractivity contribution in [2.45, 2.75) is 51.8 Å². The van der Waals surface area contributed by atoms with Crippen LogP contribution >= 0.6 is 0 Å². The zero-order chi connectivity index (χ0) is 18.1. The number of nitrogens with one attached hydrogen (secondary N) is 1. The summed E-state index contributed by atoms with van der Waals surface area (Å²) < 4.78 is 26.9. The zero-order valence-electron chi connectivity index (χ0n) is 14.0. The van der Waals surface area contributed by atoms with Gasteiger partial charge in [-0.05, 0) is 6.42 Å². The average Bonchev–Trinajstić information content (AvgIpc) is 3.09. The number of fused-ring (bicyclic) bond motifs is 1. The van der Waals surface area contributed by atoms with Crippen molar-refractivity contribution in [1.82, 2.24) is 19.5 Å². The van der Waals surface area contributed by atoms with Crippen molar-refractivity contribution in [1.29, 1.82) is 0 Å². The van der Waals surface area contributed by atoms with E-state index in [1.807, 2.05) is 0 Å². The van der Waals surface area contributed by atoms with E-state index in [9.17, 15) is 14.0 Å². The number of rotatable bonds is 4. The molecule has 134 valence electrons. The number of esters is 1. The molecule has 4 atom stereocenters. The third kappa shape index (κ3) is 3.16. The average molecular weight is 351 g/mol. The molecule has 1 amide bonds. The van der Waals surface area contributed by atoms with Gasteiger partial charge >= 0.3 is 5.97 Å². The normalized spacial score (nSPS) is 25.9. The minimum Gasteiger partial charge on any atom is -0.454 e. The van der Waals surface area contributed by atoms with E-state index in [1.54, 1.807) is 6.92 Å². The van der Waals surface area contributed by atoms with Gasteiger partial charge in [0.2, 0.25) is 5.91 Å². The lowest BCUT2D eigenvalue weighted by Gasteiger charge is -2.20. The number of ether oxygens (including phenoxy) is 2. The van der Waals surface area contributed by atoms with E-state index in [-0.39, 0.29) is 11.7 Å². The Balaban J connectivity index is 2.02. The summed E-state index contributed by atoms with van der Waals surface area (Å²) in [4.78, 5) is 34.9. The van der Waals surface area contributed by atoms with Crippen molar-refractivity contribution in [3.05, 3.63) is 12.7 Å². The van der Waals surface area contributed by atoms with E-state index >= 15 is 0 Å². The molecular weight excluding hydrogens is 333 g/mol. The number of halogens is 1. The summed E-state index contributed by atoms with van der Waals surface area (Å²) in [5.74, 6) is -0.669. The van der Waals surface area contributed by atoms with Gasteiger partial charge in [-0.15, -0.1) is 0 Å². The molecule has 1 aliphatic rings. The number of nitrogens with zero attached hydrogens (tertiary/aromatic N) is 4. The summed E-state index contributed by atoms with van der Waals surface area (Å²) in [6, 6.07) is 0. The third-order valence-electron chi connectivity index (χ3n) is 3.90. The molecule has 1 unspecified atom stereocenters. The molecule has 25 heavy (non-hydrogen) atoms. The maximum absolute atomic E-state index is 14.6. The summed E-state index contributed by atoms with van der Waals surface area (Å²) in [6.07, 6.45) is -1.11. The Labute approximate surface area is 142 Å². The van der Waals surface area contributed by atoms with Gasteiger partial charge < -0.3 is 14.8 Å². The molecule has 0 saturated carbocycles. The highest BCUT2D eigenvalue weighted by molar-refractivity contribution is 5.95. The fourth-order valence-corrected chi connectivity index (χ4v) is 2.86. The number of amides is 1. The third-order valence-corrected chi connectivity index (χ3v) is 3.90. The molecule has 3 rings (SSSR count). The van der Waals surface area contributed by atoms with Crippen LogP contribution in [0.4, 0.5) is 10.2 Å². The second kappa shape index (κ2) is 6.71. The summed E-state index contributed by atoms with van der Waals surface area (Å²) in [6.45, 7) is 4.35. The first kappa shape index (κ1) is 17.2. The monoisotopic (exact) mass is 351 g/mol. The quantitative estimate of drug-likeness (QED) is 0.829. The SMILES string of the molecule is CC[C@H]1O[C@@H](n2cnc3c(NC(C)=O)ncnc32)C(OC(C)=O)[C@H]1F. The molecule has 9 nitrogen and oxygen atoms in total. The molecule has 0 spiro atoms. The molecule has 0 aliphatic carbocycles. The van der Waals surface area contributed by atoms with Crippen molar-refractivity contribution in [3.8, 4) is 0 Å². The standard InChI is InChI=1S/C15H18FN5O4/c1-4-9-10(16)12(24-8(3)23)15(25-9)21-6-19-11-13(20-7(2)22)17-5-18-14(11)21/h5-6,9-10,12,15H,4H2,1-3H3,(H,17,18,20,22)/t9-,10+,12?,15-/m1/s1. The molecule has 1 N–H and O–H groups in total. The molecule has 2 aromatic heterocycles. The van der Waals surface area contributed by atoms with Crippen LogP contribution in [0.15, 0.2) is 12.7 Å². The van der Waals surface area contributed by atoms with Crippen molar-refractivity contribution in [2.24, 2.45) is 0 Å². The van der Waals surface area contributed by atoms with Crippen LogP contribution in [0, 0.1) is 0 Å². The minimum absolute atomic E-state index is 0.238. The molecule has 0 bridgehead atoms. The van der Waals surface area contributed by atoms with Crippen LogP contribution in [0.25, 0.3) is 11.2 Å². The number of aromatic nitrogens is 4. The Hall–Kier alpha value is -2.62. The number of imidazole rings is 1. The van der Waals surface area contributed by atoms with E-state index in [4.69, 9.17) is 9.47 Å². The van der Waals surface area contributed by atoms with Crippen LogP contribution in [0.5, 0.6) is 0 Å². The van der Waals surface area contributed by atoms with E-state index in [0.717, 1.165) is 0 Å². The number of hydrogen-bond donors (Lipinski definition) is 1. The van der Waals surface area contributed by atoms with Gasteiger partial charge in [-0.2, -0.15) is 0 Å². The molecule has 2 aromatic rings. The predicted molar refractivity (Wildman–Crippen MR) is 84.3 cm³/mol. The Morgan fingerprint density at radius 2 is 2.12 bits per heavy atom. The zero-order valence-corrected chi connectivity index (χ0v) is 14.0. The number of carbonyl (C=O) groups excluding carboxylic acids is 2. The van der Waals surface area contributed by atoms with Crippen molar-refractivity contribution in [3.63, 3.8) is 0 Å². The summed E-state index contributed by atoms with van der Waals surface area (Å²) in [7, 11) is 0. The highest BCUT2D eigenvalue weighted by Crippen LogP contribution is 2.37. The van der Waals surface area contributed by atoms with Crippen LogP contribution in [0.1, 0.15) is 33.4 Å². The maximum Gasteiger partial charge on any atom is 0.303 e. The van der Waals surface area contributed by atoms with Gasteiger partial charge in [0.25, 0.3) is 0 Å². The Morgan fingerprint density at radius 1 is 1.36 bits per heavy atom. The Morgan fingerprint density at radius 3 is 2.76 bits per heavy atom. The van der Waals surface area contributed by atoms with E-state index in [2.05, 4.69) is 20.3 Å². The summed E-state index contributed by atoms with van der Waals surface area (Å²) in [5, 5.41) is 2.56. The fraction of sp³-hybridized carbons (Fsp3) is 0.533. The van der Waals surface area contributed by atoms with Gasteiger partial charge in [0.1, 0.15) is 6.33 Å². The summed E-state index contributed by atoms with van der Waals surface area (Å²) in [5.41, 5.74) is 0.670. The fourth-order valence-electron chi connectivity index (χ4n) is 2.86. The largest absolute Gasteiger partial charge is 0.454 e. The Kier molecular flexibility index (Phi) is 4.62. The van der Waals surface area contributed by atoms with Gasteiger partial charge in [0.05, 0.1) is 12.4 Å². The van der Waals surface area contributed by atoms with Crippen molar-refractivity contribution in [2.75, 3.05) is 5.32 Å². The summed E-state index contributed by atoms with van der Waals surface area (Å²) >= 11 is 0. The topological polar surface area (TPSA) is 108 Å². The Bertz CT molecular complexity index is 810. The lowest BCUT2D eigenvalue weighted by molar-refractivity contribution is -0.154. The van der Waals surface area contributed by atoms with Crippen LogP contribution in [-0.2, 0) is 19.1 Å². The highest BCUT2D eigenvalue weighted by Gasteiger charge is 2.48. The van der Waals surface area contributed by atoms with Crippen LogP contribution < -0.4 is 5.32 Å².